The van der Waals surface area contributed by atoms with Crippen LogP contribution in [0.4, 0.5) is 13.2 Å². The van der Waals surface area contributed by atoms with Gasteiger partial charge in [0.25, 0.3) is 0 Å². The topological polar surface area (TPSA) is 86.3 Å². The number of hydrogen-bond donors (Lipinski definition) is 2. The largest absolute Gasteiger partial charge is 0.477 e. The third-order valence-corrected chi connectivity index (χ3v) is 4.70. The first-order valence-corrected chi connectivity index (χ1v) is 8.45. The molecule has 144 valence electrons. The Hall–Kier alpha value is -2.68. The number of aromatic amines is 1. The highest BCUT2D eigenvalue weighted by atomic mass is 19.4. The smallest absolute Gasteiger partial charge is 0.416 e. The number of alkyl halides is 3. The number of carbonyl (C=O) groups excluding carboxylic acids is 1. The van der Waals surface area contributed by atoms with Crippen molar-refractivity contribution in [2.75, 3.05) is 13.1 Å². The summed E-state index contributed by atoms with van der Waals surface area (Å²) < 4.78 is 38.0. The lowest BCUT2D eigenvalue weighted by molar-refractivity contribution is -0.137. The van der Waals surface area contributed by atoms with Crippen LogP contribution in [0.1, 0.15) is 44.8 Å². The van der Waals surface area contributed by atoms with Crippen LogP contribution in [0.5, 0.6) is 0 Å². The minimum atomic E-state index is -4.43. The molecular weight excluding hydrogens is 363 g/mol. The Morgan fingerprint density at radius 1 is 1.26 bits per heavy atom. The molecule has 3 rings (SSSR count). The fourth-order valence-electron chi connectivity index (χ4n) is 3.33. The number of rotatable bonds is 5. The van der Waals surface area contributed by atoms with E-state index < -0.39 is 17.7 Å². The molecule has 1 aromatic carbocycles. The molecule has 2 heterocycles. The van der Waals surface area contributed by atoms with Crippen molar-refractivity contribution in [1.82, 2.24) is 15.1 Å². The molecule has 1 aromatic heterocycles. The summed E-state index contributed by atoms with van der Waals surface area (Å²) in [4.78, 5) is 25.8. The average Bonchev–Trinajstić information content (AvgIpc) is 3.09. The number of piperidine rings is 1. The number of hydrogen-bond acceptors (Lipinski definition) is 4. The van der Waals surface area contributed by atoms with Crippen molar-refractivity contribution in [1.29, 1.82) is 0 Å². The third kappa shape index (κ3) is 4.36. The van der Waals surface area contributed by atoms with Gasteiger partial charge in [0.2, 0.25) is 0 Å². The predicted octanol–water partition coefficient (Wildman–Crippen LogP) is 3.22. The van der Waals surface area contributed by atoms with E-state index in [0.717, 1.165) is 18.6 Å². The Labute approximate surface area is 153 Å². The number of aromatic carboxylic acids is 1. The van der Waals surface area contributed by atoms with Gasteiger partial charge >= 0.3 is 12.1 Å². The molecule has 2 aromatic rings. The molecule has 1 aliphatic rings. The lowest BCUT2D eigenvalue weighted by Gasteiger charge is -2.31. The second kappa shape index (κ2) is 7.51. The molecule has 2 N–H and O–H groups in total. The van der Waals surface area contributed by atoms with Crippen molar-refractivity contribution in [2.24, 2.45) is 5.92 Å². The summed E-state index contributed by atoms with van der Waals surface area (Å²) in [5, 5.41) is 15.3. The first-order chi connectivity index (χ1) is 12.8. The van der Waals surface area contributed by atoms with Gasteiger partial charge in [-0.1, -0.05) is 12.1 Å². The molecular formula is C18H18F3N3O3. The molecule has 1 fully saturated rings. The van der Waals surface area contributed by atoms with Gasteiger partial charge in [0.1, 0.15) is 5.69 Å². The molecule has 0 radical (unpaired) electrons. The maximum absolute atomic E-state index is 12.7. The summed E-state index contributed by atoms with van der Waals surface area (Å²) in [7, 11) is 0. The zero-order valence-electron chi connectivity index (χ0n) is 14.3. The summed E-state index contributed by atoms with van der Waals surface area (Å²) >= 11 is 0. The number of carboxylic acids is 1. The molecule has 1 saturated heterocycles. The van der Waals surface area contributed by atoms with E-state index in [9.17, 15) is 22.8 Å². The van der Waals surface area contributed by atoms with Crippen LogP contribution in [0.25, 0.3) is 0 Å². The molecule has 9 heteroatoms. The number of carbonyl (C=O) groups is 2. The van der Waals surface area contributed by atoms with Crippen LogP contribution in [0.2, 0.25) is 0 Å². The van der Waals surface area contributed by atoms with E-state index in [0.29, 0.717) is 31.6 Å². The Balaban J connectivity index is 1.67. The first-order valence-electron chi connectivity index (χ1n) is 8.45. The maximum atomic E-state index is 12.7. The van der Waals surface area contributed by atoms with E-state index in [1.165, 1.54) is 18.3 Å². The standard InChI is InChI=1S/C18H18F3N3O3/c19-18(20,21)14-5-3-11(4-6-14)16(25)12-2-1-7-24(9-12)10-13-8-22-23-15(13)17(26)27/h3-6,8,12H,1-2,7,9-10H2,(H,22,23)(H,26,27)/t12-/m0/s1. The lowest BCUT2D eigenvalue weighted by atomic mass is 9.89. The van der Waals surface area contributed by atoms with Gasteiger partial charge in [-0.15, -0.1) is 0 Å². The number of H-pyrrole nitrogens is 1. The summed E-state index contributed by atoms with van der Waals surface area (Å²) in [5.74, 6) is -1.63. The van der Waals surface area contributed by atoms with Crippen molar-refractivity contribution in [3.8, 4) is 0 Å². The number of nitrogens with one attached hydrogen (secondary N) is 1. The summed E-state index contributed by atoms with van der Waals surface area (Å²) in [6.07, 6.45) is -1.59. The summed E-state index contributed by atoms with van der Waals surface area (Å²) in [5.41, 5.74) is 0.0196. The van der Waals surface area contributed by atoms with Crippen LogP contribution in [0.15, 0.2) is 30.5 Å². The normalized spacial score (nSPS) is 18.4. The average molecular weight is 381 g/mol. The van der Waals surface area contributed by atoms with Gasteiger partial charge in [-0.25, -0.2) is 4.79 Å². The predicted molar refractivity (Wildman–Crippen MR) is 89.3 cm³/mol. The van der Waals surface area contributed by atoms with Crippen LogP contribution < -0.4 is 0 Å². The van der Waals surface area contributed by atoms with Gasteiger partial charge in [0.05, 0.1) is 11.8 Å². The van der Waals surface area contributed by atoms with Crippen LogP contribution in [0.3, 0.4) is 0 Å². The van der Waals surface area contributed by atoms with E-state index in [1.54, 1.807) is 0 Å². The lowest BCUT2D eigenvalue weighted by Crippen LogP contribution is -2.38. The number of nitrogens with zero attached hydrogens (tertiary/aromatic N) is 2. The first kappa shape index (κ1) is 19.1. The number of likely N-dealkylation sites (tertiary alicyclic amines) is 1. The highest BCUT2D eigenvalue weighted by Gasteiger charge is 2.31. The van der Waals surface area contributed by atoms with E-state index in [4.69, 9.17) is 5.11 Å². The van der Waals surface area contributed by atoms with Crippen molar-refractivity contribution in [3.63, 3.8) is 0 Å². The SMILES string of the molecule is O=C(O)c1[nH]ncc1CN1CCC[C@H](C(=O)c2ccc(C(F)(F)F)cc2)C1. The third-order valence-electron chi connectivity index (χ3n) is 4.70. The van der Waals surface area contributed by atoms with Crippen molar-refractivity contribution in [3.05, 3.63) is 52.8 Å². The molecule has 6 nitrogen and oxygen atoms in total. The fourth-order valence-corrected chi connectivity index (χ4v) is 3.33. The number of ketones is 1. The summed E-state index contributed by atoms with van der Waals surface area (Å²) in [6, 6.07) is 4.25. The Kier molecular flexibility index (Phi) is 5.31. The quantitative estimate of drug-likeness (QED) is 0.777. The van der Waals surface area contributed by atoms with Gasteiger partial charge < -0.3 is 5.11 Å². The van der Waals surface area contributed by atoms with E-state index in [2.05, 4.69) is 10.2 Å². The number of Topliss-reactive ketones (excluding diaryl/α,β-unsaturated/α-hetero) is 1. The van der Waals surface area contributed by atoms with Gasteiger partial charge in [-0.05, 0) is 31.5 Å². The summed E-state index contributed by atoms with van der Waals surface area (Å²) in [6.45, 7) is 1.47. The highest BCUT2D eigenvalue weighted by molar-refractivity contribution is 5.98. The zero-order valence-corrected chi connectivity index (χ0v) is 14.3. The Bertz CT molecular complexity index is 830. The number of carboxylic acid groups (broad SMARTS) is 1. The van der Waals surface area contributed by atoms with Gasteiger partial charge in [0, 0.05) is 30.1 Å². The minimum absolute atomic E-state index is 0.0196. The fraction of sp³-hybridized carbons (Fsp3) is 0.389. The zero-order chi connectivity index (χ0) is 19.6. The minimum Gasteiger partial charge on any atom is -0.477 e. The number of aromatic nitrogens is 2. The molecule has 0 spiro atoms. The van der Waals surface area contributed by atoms with Crippen molar-refractivity contribution in [2.45, 2.75) is 25.6 Å². The molecule has 27 heavy (non-hydrogen) atoms. The number of halogens is 3. The molecule has 0 aliphatic carbocycles. The monoisotopic (exact) mass is 381 g/mol. The van der Waals surface area contributed by atoms with Crippen LogP contribution in [0, 0.1) is 5.92 Å². The van der Waals surface area contributed by atoms with Crippen LogP contribution in [-0.4, -0.2) is 45.0 Å². The van der Waals surface area contributed by atoms with E-state index >= 15 is 0 Å². The molecule has 0 bridgehead atoms. The van der Waals surface area contributed by atoms with E-state index in [1.807, 2.05) is 4.90 Å². The van der Waals surface area contributed by atoms with Gasteiger partial charge in [-0.2, -0.15) is 18.3 Å². The molecule has 1 atom stereocenters. The highest BCUT2D eigenvalue weighted by Crippen LogP contribution is 2.30. The number of benzene rings is 1. The Morgan fingerprint density at radius 2 is 1.96 bits per heavy atom. The molecule has 0 saturated carbocycles. The van der Waals surface area contributed by atoms with Crippen LogP contribution in [-0.2, 0) is 12.7 Å². The van der Waals surface area contributed by atoms with Crippen molar-refractivity contribution >= 4 is 11.8 Å². The Morgan fingerprint density at radius 3 is 2.59 bits per heavy atom. The molecule has 0 unspecified atom stereocenters. The second-order valence-corrected chi connectivity index (χ2v) is 6.59. The van der Waals surface area contributed by atoms with Gasteiger partial charge in [0.15, 0.2) is 5.78 Å². The molecule has 0 amide bonds. The second-order valence-electron chi connectivity index (χ2n) is 6.59. The molecule has 1 aliphatic heterocycles. The maximum Gasteiger partial charge on any atom is 0.416 e. The van der Waals surface area contributed by atoms with Crippen LogP contribution >= 0.6 is 0 Å². The van der Waals surface area contributed by atoms with Crippen molar-refractivity contribution < 1.29 is 27.9 Å². The van der Waals surface area contributed by atoms with Gasteiger partial charge in [-0.3, -0.25) is 14.8 Å². The van der Waals surface area contributed by atoms with E-state index in [-0.39, 0.29) is 23.0 Å².